The van der Waals surface area contributed by atoms with Crippen molar-refractivity contribution >= 4 is 50.2 Å². The zero-order valence-corrected chi connectivity index (χ0v) is 18.4. The number of benzene rings is 3. The number of hydrogen-bond acceptors (Lipinski definition) is 8. The topological polar surface area (TPSA) is 150 Å². The summed E-state index contributed by atoms with van der Waals surface area (Å²) in [5, 5.41) is 38.0. The van der Waals surface area contributed by atoms with Gasteiger partial charge in [-0.1, -0.05) is 36.4 Å². The Balaban J connectivity index is 1.83. The van der Waals surface area contributed by atoms with Crippen LogP contribution in [0.25, 0.3) is 21.8 Å². The normalized spacial score (nSPS) is 13.8. The lowest BCUT2D eigenvalue weighted by molar-refractivity contribution is -0.400. The lowest BCUT2D eigenvalue weighted by atomic mass is 10.1. The molecule has 0 spiro atoms. The Morgan fingerprint density at radius 2 is 1.26 bits per heavy atom. The van der Waals surface area contributed by atoms with Gasteiger partial charge in [0.2, 0.25) is 5.69 Å². The number of hydrogen-bond donors (Lipinski definition) is 1. The van der Waals surface area contributed by atoms with Crippen LogP contribution in [0.5, 0.6) is 0 Å². The number of rotatable bonds is 6. The summed E-state index contributed by atoms with van der Waals surface area (Å²) in [4.78, 5) is 35.5. The molecular weight excluding hydrogens is 456 g/mol. The van der Waals surface area contributed by atoms with Gasteiger partial charge in [-0.3, -0.25) is 40.4 Å². The first-order chi connectivity index (χ1) is 16.9. The highest BCUT2D eigenvalue weighted by Crippen LogP contribution is 2.49. The number of nitrogens with one attached hydrogen (secondary N) is 1. The first kappa shape index (κ1) is 22.1. The Bertz CT molecular complexity index is 1450. The van der Waals surface area contributed by atoms with Gasteiger partial charge in [-0.15, -0.1) is 0 Å². The Labute approximate surface area is 197 Å². The quantitative estimate of drug-likeness (QED) is 0.288. The van der Waals surface area contributed by atoms with Crippen molar-refractivity contribution in [2.75, 3.05) is 23.4 Å². The summed E-state index contributed by atoms with van der Waals surface area (Å²) < 4.78 is 1.55. The molecule has 12 nitrogen and oxygen atoms in total. The van der Waals surface area contributed by atoms with Crippen LogP contribution < -0.4 is 10.3 Å². The number of para-hydroxylation sites is 2. The second kappa shape index (κ2) is 8.56. The number of fused-ring (bicyclic) bond motifs is 3. The van der Waals surface area contributed by atoms with Crippen LogP contribution in [0.15, 0.2) is 54.6 Å². The van der Waals surface area contributed by atoms with Gasteiger partial charge in [0.25, 0.3) is 0 Å². The standard InChI is InChI=1S/C23H20N6O6/c30-27(31)19-14-20(28(32)33)22(25-12-6-1-7-13-25)23(29(34)35)21(19)24-26-17-10-4-2-8-15(17)16-9-3-5-11-18(16)26/h2-5,8-11,14,24H,1,6-7,12-13H2. The van der Waals surface area contributed by atoms with Crippen LogP contribution >= 0.6 is 0 Å². The third-order valence-electron chi connectivity index (χ3n) is 6.29. The van der Waals surface area contributed by atoms with Gasteiger partial charge < -0.3 is 4.90 Å². The van der Waals surface area contributed by atoms with Gasteiger partial charge in [-0.05, 0) is 31.4 Å². The summed E-state index contributed by atoms with van der Waals surface area (Å²) in [6, 6.07) is 15.4. The lowest BCUT2D eigenvalue weighted by Crippen LogP contribution is -2.31. The van der Waals surface area contributed by atoms with Gasteiger partial charge in [0.15, 0.2) is 5.69 Å². The van der Waals surface area contributed by atoms with Crippen molar-refractivity contribution in [3.05, 3.63) is 84.9 Å². The van der Waals surface area contributed by atoms with E-state index < -0.39 is 37.5 Å². The fourth-order valence-corrected chi connectivity index (χ4v) is 4.79. The SMILES string of the molecule is O=[N+]([O-])c1cc([N+](=O)[O-])c(N2CCCCC2)c([N+](=O)[O-])c1Nn1c2ccccc2c2ccccc21. The summed E-state index contributed by atoms with van der Waals surface area (Å²) in [5.74, 6) is 0. The molecule has 1 saturated heterocycles. The van der Waals surface area contributed by atoms with Crippen molar-refractivity contribution in [3.63, 3.8) is 0 Å². The number of nitro benzene ring substituents is 3. The molecule has 2 heterocycles. The fourth-order valence-electron chi connectivity index (χ4n) is 4.79. The van der Waals surface area contributed by atoms with Gasteiger partial charge in [0.05, 0.1) is 31.9 Å². The number of piperidine rings is 1. The van der Waals surface area contributed by atoms with Crippen LogP contribution in [0.1, 0.15) is 19.3 Å². The smallest absolute Gasteiger partial charge is 0.331 e. The van der Waals surface area contributed by atoms with Gasteiger partial charge >= 0.3 is 17.1 Å². The maximum absolute atomic E-state index is 12.4. The Hall–Kier alpha value is -4.74. The molecule has 0 saturated carbocycles. The van der Waals surface area contributed by atoms with Crippen LogP contribution in [0.2, 0.25) is 0 Å². The van der Waals surface area contributed by atoms with E-state index in [0.717, 1.165) is 23.3 Å². The molecule has 1 aromatic heterocycles. The van der Waals surface area contributed by atoms with E-state index in [1.165, 1.54) is 0 Å². The molecule has 0 aliphatic carbocycles. The van der Waals surface area contributed by atoms with Crippen LogP contribution in [-0.2, 0) is 0 Å². The van der Waals surface area contributed by atoms with Gasteiger partial charge in [-0.2, -0.15) is 0 Å². The Morgan fingerprint density at radius 3 is 1.77 bits per heavy atom. The third kappa shape index (κ3) is 3.64. The number of nitrogens with zero attached hydrogens (tertiary/aromatic N) is 5. The molecule has 0 unspecified atom stereocenters. The molecule has 0 amide bonds. The molecule has 3 aromatic carbocycles. The second-order valence-electron chi connectivity index (χ2n) is 8.29. The first-order valence-corrected chi connectivity index (χ1v) is 11.0. The van der Waals surface area contributed by atoms with Crippen LogP contribution in [0, 0.1) is 30.3 Å². The minimum Gasteiger partial charge on any atom is -0.360 e. The minimum atomic E-state index is -0.837. The van der Waals surface area contributed by atoms with Gasteiger partial charge in [-0.25, -0.2) is 0 Å². The monoisotopic (exact) mass is 476 g/mol. The number of aromatic nitrogens is 1. The Morgan fingerprint density at radius 1 is 0.714 bits per heavy atom. The van der Waals surface area contributed by atoms with E-state index >= 15 is 0 Å². The first-order valence-electron chi connectivity index (χ1n) is 11.0. The average molecular weight is 476 g/mol. The second-order valence-corrected chi connectivity index (χ2v) is 8.29. The molecule has 1 N–H and O–H groups in total. The van der Waals surface area contributed by atoms with Crippen molar-refractivity contribution < 1.29 is 14.8 Å². The summed E-state index contributed by atoms with van der Waals surface area (Å²) >= 11 is 0. The van der Waals surface area contributed by atoms with Gasteiger partial charge in [0.1, 0.15) is 0 Å². The molecule has 0 bridgehead atoms. The van der Waals surface area contributed by atoms with E-state index in [9.17, 15) is 30.3 Å². The average Bonchev–Trinajstić information content (AvgIpc) is 3.17. The maximum Gasteiger partial charge on any atom is 0.331 e. The highest BCUT2D eigenvalue weighted by molar-refractivity contribution is 6.08. The predicted octanol–water partition coefficient (Wildman–Crippen LogP) is 5.38. The van der Waals surface area contributed by atoms with Crippen molar-refractivity contribution in [2.45, 2.75) is 19.3 Å². The summed E-state index contributed by atoms with van der Waals surface area (Å²) in [6.45, 7) is 0.766. The number of anilines is 2. The molecule has 178 valence electrons. The molecule has 0 atom stereocenters. The van der Waals surface area contributed by atoms with Crippen molar-refractivity contribution in [1.82, 2.24) is 4.68 Å². The molecule has 1 aliphatic rings. The van der Waals surface area contributed by atoms with E-state index in [4.69, 9.17) is 0 Å². The summed E-state index contributed by atoms with van der Waals surface area (Å²) in [6.07, 6.45) is 2.32. The van der Waals surface area contributed by atoms with Crippen molar-refractivity contribution in [1.29, 1.82) is 0 Å². The van der Waals surface area contributed by atoms with Gasteiger partial charge in [0, 0.05) is 23.9 Å². The Kier molecular flexibility index (Phi) is 5.40. The zero-order chi connectivity index (χ0) is 24.7. The molecule has 1 fully saturated rings. The van der Waals surface area contributed by atoms with Crippen LogP contribution in [0.4, 0.5) is 28.4 Å². The lowest BCUT2D eigenvalue weighted by Gasteiger charge is -2.28. The molecule has 35 heavy (non-hydrogen) atoms. The van der Waals surface area contributed by atoms with E-state index in [-0.39, 0.29) is 5.69 Å². The zero-order valence-electron chi connectivity index (χ0n) is 18.4. The third-order valence-corrected chi connectivity index (χ3v) is 6.29. The maximum atomic E-state index is 12.4. The molecule has 4 aromatic rings. The fraction of sp³-hybridized carbons (Fsp3) is 0.217. The molecule has 1 aliphatic heterocycles. The molecular formula is C23H20N6O6. The van der Waals surface area contributed by atoms with Crippen LogP contribution in [-0.4, -0.2) is 32.5 Å². The summed E-state index contributed by atoms with van der Waals surface area (Å²) in [7, 11) is 0. The van der Waals surface area contributed by atoms with Crippen molar-refractivity contribution in [3.8, 4) is 0 Å². The molecule has 0 radical (unpaired) electrons. The predicted molar refractivity (Wildman–Crippen MR) is 131 cm³/mol. The summed E-state index contributed by atoms with van der Waals surface area (Å²) in [5.41, 5.74) is 1.49. The van der Waals surface area contributed by atoms with E-state index in [0.29, 0.717) is 37.0 Å². The van der Waals surface area contributed by atoms with E-state index in [1.807, 2.05) is 24.3 Å². The van der Waals surface area contributed by atoms with Crippen molar-refractivity contribution in [2.24, 2.45) is 0 Å². The molecule has 12 heteroatoms. The number of nitro groups is 3. The molecule has 5 rings (SSSR count). The highest BCUT2D eigenvalue weighted by atomic mass is 16.6. The highest BCUT2D eigenvalue weighted by Gasteiger charge is 2.40. The van der Waals surface area contributed by atoms with E-state index in [1.54, 1.807) is 33.8 Å². The minimum absolute atomic E-state index is 0.214. The van der Waals surface area contributed by atoms with E-state index in [2.05, 4.69) is 5.43 Å². The van der Waals surface area contributed by atoms with Crippen LogP contribution in [0.3, 0.4) is 0 Å². The largest absolute Gasteiger partial charge is 0.360 e.